The van der Waals surface area contributed by atoms with Crippen molar-refractivity contribution >= 4 is 57.9 Å². The summed E-state index contributed by atoms with van der Waals surface area (Å²) in [6.07, 6.45) is 1.30. The molecule has 47 heavy (non-hydrogen) atoms. The summed E-state index contributed by atoms with van der Waals surface area (Å²) < 4.78 is 15.7. The number of cyclic esters (lactones) is 2. The molecule has 4 aromatic carbocycles. The van der Waals surface area contributed by atoms with Crippen molar-refractivity contribution in [2.24, 2.45) is 0 Å². The molecule has 3 aliphatic rings. The van der Waals surface area contributed by atoms with Gasteiger partial charge in [0.25, 0.3) is 0 Å². The van der Waals surface area contributed by atoms with Crippen LogP contribution in [-0.4, -0.2) is 55.9 Å². The Bertz CT molecular complexity index is 2210. The van der Waals surface area contributed by atoms with Crippen molar-refractivity contribution in [3.05, 3.63) is 106 Å². The number of ketones is 2. The predicted molar refractivity (Wildman–Crippen MR) is 157 cm³/mol. The average molecular weight is 635 g/mol. The first-order chi connectivity index (χ1) is 22.4. The molecule has 0 aromatic heterocycles. The van der Waals surface area contributed by atoms with Gasteiger partial charge in [0, 0.05) is 5.39 Å². The van der Waals surface area contributed by atoms with Gasteiger partial charge >= 0.3 is 23.9 Å². The van der Waals surface area contributed by atoms with Crippen LogP contribution in [0.2, 0.25) is 0 Å². The monoisotopic (exact) mass is 634 g/mol. The van der Waals surface area contributed by atoms with E-state index in [1.165, 1.54) is 66.7 Å². The Balaban J connectivity index is 1.37. The quantitative estimate of drug-likeness (QED) is 0.107. The summed E-state index contributed by atoms with van der Waals surface area (Å²) in [4.78, 5) is 78.6. The van der Waals surface area contributed by atoms with E-state index in [0.717, 1.165) is 6.07 Å². The number of benzene rings is 4. The highest BCUT2D eigenvalue weighted by Gasteiger charge is 2.47. The van der Waals surface area contributed by atoms with Gasteiger partial charge in [-0.15, -0.1) is 0 Å². The number of hydrogen-bond donors (Lipinski definition) is 4. The first-order valence-corrected chi connectivity index (χ1v) is 13.8. The predicted octanol–water partition coefficient (Wildman–Crippen LogP) is 3.45. The molecule has 4 aromatic rings. The molecule has 0 aliphatic carbocycles. The van der Waals surface area contributed by atoms with Crippen LogP contribution in [0.1, 0.15) is 44.4 Å². The van der Waals surface area contributed by atoms with Gasteiger partial charge in [-0.2, -0.15) is 0 Å². The minimum atomic E-state index is -1.83. The van der Waals surface area contributed by atoms with Crippen LogP contribution >= 0.6 is 0 Å². The SMILES string of the molecule is O=C(O)C(=C1OC(=O)C(c2cc(O)c3c4c(cc(C5C(=O)OC(=Cc6ccc(O)cc6)C5=O)cc24)C(=O)O3)C1=O)c1ccc(O)cc1. The van der Waals surface area contributed by atoms with Gasteiger partial charge in [0.1, 0.15) is 28.9 Å². The highest BCUT2D eigenvalue weighted by atomic mass is 16.6. The summed E-state index contributed by atoms with van der Waals surface area (Å²) in [7, 11) is 0. The van der Waals surface area contributed by atoms with Crippen molar-refractivity contribution in [2.45, 2.75) is 11.8 Å². The van der Waals surface area contributed by atoms with Crippen LogP contribution in [0, 0.1) is 0 Å². The maximum absolute atomic E-state index is 13.7. The second kappa shape index (κ2) is 10.4. The van der Waals surface area contributed by atoms with Crippen molar-refractivity contribution in [3.63, 3.8) is 0 Å². The number of phenolic OH excluding ortho intramolecular Hbond substituents is 3. The van der Waals surface area contributed by atoms with Crippen LogP contribution < -0.4 is 4.74 Å². The Kier molecular flexibility index (Phi) is 6.42. The van der Waals surface area contributed by atoms with E-state index in [1.807, 2.05) is 0 Å². The Morgan fingerprint density at radius 2 is 1.36 bits per heavy atom. The smallest absolute Gasteiger partial charge is 0.344 e. The number of Topliss-reactive ketones (excluding diaryl/α,β-unsaturated/α-hetero) is 2. The fourth-order valence-electron chi connectivity index (χ4n) is 5.82. The molecule has 0 amide bonds. The fourth-order valence-corrected chi connectivity index (χ4v) is 5.82. The van der Waals surface area contributed by atoms with Crippen LogP contribution in [0.15, 0.2) is 78.2 Å². The molecular weight excluding hydrogens is 616 g/mol. The van der Waals surface area contributed by atoms with Gasteiger partial charge in [-0.25, -0.2) is 9.59 Å². The van der Waals surface area contributed by atoms with Crippen molar-refractivity contribution in [1.29, 1.82) is 0 Å². The standard InChI is InChI=1S/C34H18O13/c35-16-5-1-13(2-6-16)9-22-27(38)23(33(43)45-22)15-10-18-19(12-21(37)29-25(18)20(11-15)32(42)46-29)26-28(39)30(47-34(26)44)24(31(40)41)14-3-7-17(36)8-4-14/h1-12,23,26,35-37H,(H,40,41). The molecule has 13 heteroatoms. The zero-order valence-electron chi connectivity index (χ0n) is 23.5. The lowest BCUT2D eigenvalue weighted by Crippen LogP contribution is -2.16. The number of aliphatic carboxylic acids is 1. The molecule has 3 heterocycles. The molecule has 2 fully saturated rings. The topological polar surface area (TPSA) is 211 Å². The molecule has 2 saturated heterocycles. The van der Waals surface area contributed by atoms with Gasteiger partial charge in [-0.1, -0.05) is 24.3 Å². The summed E-state index contributed by atoms with van der Waals surface area (Å²) in [5.74, 6) is -12.1. The normalized spacial score (nSPS) is 20.5. The van der Waals surface area contributed by atoms with E-state index in [-0.39, 0.29) is 56.0 Å². The fraction of sp³-hybridized carbons (Fsp3) is 0.0588. The van der Waals surface area contributed by atoms with Gasteiger partial charge < -0.3 is 34.6 Å². The van der Waals surface area contributed by atoms with Crippen molar-refractivity contribution < 1.29 is 63.4 Å². The highest BCUT2D eigenvalue weighted by Crippen LogP contribution is 2.49. The van der Waals surface area contributed by atoms with Crippen LogP contribution in [0.4, 0.5) is 0 Å². The van der Waals surface area contributed by atoms with Gasteiger partial charge in [0.15, 0.2) is 23.0 Å². The molecule has 3 aliphatic heterocycles. The van der Waals surface area contributed by atoms with Crippen molar-refractivity contribution in [1.82, 2.24) is 0 Å². The lowest BCUT2D eigenvalue weighted by atomic mass is 9.85. The summed E-state index contributed by atoms with van der Waals surface area (Å²) >= 11 is 0. The number of carbonyl (C=O) groups excluding carboxylic acids is 5. The Morgan fingerprint density at radius 1 is 0.723 bits per heavy atom. The zero-order valence-corrected chi connectivity index (χ0v) is 23.5. The van der Waals surface area contributed by atoms with Crippen LogP contribution in [0.25, 0.3) is 22.4 Å². The molecule has 0 radical (unpaired) electrons. The van der Waals surface area contributed by atoms with Gasteiger partial charge in [-0.3, -0.25) is 19.2 Å². The third kappa shape index (κ3) is 4.56. The number of hydrogen-bond acceptors (Lipinski definition) is 12. The van der Waals surface area contributed by atoms with Crippen LogP contribution in [0.5, 0.6) is 23.0 Å². The second-order valence-corrected chi connectivity index (χ2v) is 10.8. The molecule has 2 unspecified atom stereocenters. The lowest BCUT2D eigenvalue weighted by Gasteiger charge is -2.13. The largest absolute Gasteiger partial charge is 0.508 e. The van der Waals surface area contributed by atoms with Crippen LogP contribution in [0.3, 0.4) is 0 Å². The summed E-state index contributed by atoms with van der Waals surface area (Å²) in [5, 5.41) is 39.8. The minimum absolute atomic E-state index is 0.0116. The molecule has 7 rings (SSSR count). The Hall–Kier alpha value is -6.76. The third-order valence-electron chi connectivity index (χ3n) is 7.95. The number of carbonyl (C=O) groups is 6. The maximum atomic E-state index is 13.7. The van der Waals surface area contributed by atoms with E-state index in [0.29, 0.717) is 5.56 Å². The number of aromatic hydroxyl groups is 3. The lowest BCUT2D eigenvalue weighted by molar-refractivity contribution is -0.138. The van der Waals surface area contributed by atoms with Crippen LogP contribution in [-0.2, 0) is 33.4 Å². The third-order valence-corrected chi connectivity index (χ3v) is 7.95. The molecule has 232 valence electrons. The van der Waals surface area contributed by atoms with Gasteiger partial charge in [0.05, 0.1) is 5.56 Å². The van der Waals surface area contributed by atoms with E-state index < -0.39 is 64.4 Å². The molecule has 0 saturated carbocycles. The average Bonchev–Trinajstić information content (AvgIpc) is 3.62. The molecule has 13 nitrogen and oxygen atoms in total. The number of carboxylic acid groups (broad SMARTS) is 1. The number of ether oxygens (including phenoxy) is 3. The number of carboxylic acids is 1. The Labute approximate surface area is 262 Å². The summed E-state index contributed by atoms with van der Waals surface area (Å²) in [6.45, 7) is 0. The molecule has 0 spiro atoms. The van der Waals surface area contributed by atoms with Gasteiger partial charge in [0.2, 0.25) is 11.6 Å². The zero-order chi connectivity index (χ0) is 33.3. The van der Waals surface area contributed by atoms with E-state index >= 15 is 0 Å². The molecule has 2 atom stereocenters. The number of phenols is 3. The minimum Gasteiger partial charge on any atom is -0.508 e. The molecule has 0 bridgehead atoms. The van der Waals surface area contributed by atoms with E-state index in [9.17, 15) is 49.2 Å². The number of rotatable bonds is 5. The van der Waals surface area contributed by atoms with Crippen molar-refractivity contribution in [2.75, 3.05) is 0 Å². The maximum Gasteiger partial charge on any atom is 0.344 e. The van der Waals surface area contributed by atoms with E-state index in [2.05, 4.69) is 0 Å². The summed E-state index contributed by atoms with van der Waals surface area (Å²) in [6, 6.07) is 14.0. The summed E-state index contributed by atoms with van der Waals surface area (Å²) in [5.41, 5.74) is -0.692. The molecule has 4 N–H and O–H groups in total. The van der Waals surface area contributed by atoms with E-state index in [1.54, 1.807) is 0 Å². The highest BCUT2D eigenvalue weighted by molar-refractivity contribution is 6.30. The van der Waals surface area contributed by atoms with Crippen molar-refractivity contribution in [3.8, 4) is 23.0 Å². The molecular formula is C34H18O13. The number of esters is 3. The first kappa shape index (κ1) is 29.0. The number of allylic oxidation sites excluding steroid dienone is 2. The van der Waals surface area contributed by atoms with Gasteiger partial charge in [-0.05, 0) is 76.2 Å². The first-order valence-electron chi connectivity index (χ1n) is 13.8. The second-order valence-electron chi connectivity index (χ2n) is 10.8. The Morgan fingerprint density at radius 3 is 2.02 bits per heavy atom. The van der Waals surface area contributed by atoms with E-state index in [4.69, 9.17) is 14.2 Å².